The van der Waals surface area contributed by atoms with Crippen LogP contribution in [0.3, 0.4) is 0 Å². The highest BCUT2D eigenvalue weighted by atomic mass is 16.2. The van der Waals surface area contributed by atoms with Crippen molar-refractivity contribution in [3.63, 3.8) is 0 Å². The van der Waals surface area contributed by atoms with Crippen molar-refractivity contribution in [2.75, 3.05) is 0 Å². The summed E-state index contributed by atoms with van der Waals surface area (Å²) in [7, 11) is 0. The number of nitrogens with zero attached hydrogens (tertiary/aromatic N) is 4. The van der Waals surface area contributed by atoms with Crippen molar-refractivity contribution < 1.29 is 4.79 Å². The zero-order valence-corrected chi connectivity index (χ0v) is 14.1. The van der Waals surface area contributed by atoms with Gasteiger partial charge in [0.1, 0.15) is 5.69 Å². The third kappa shape index (κ3) is 3.71. The molecule has 0 unspecified atom stereocenters. The van der Waals surface area contributed by atoms with Crippen LogP contribution in [-0.4, -0.2) is 31.7 Å². The van der Waals surface area contributed by atoms with Crippen LogP contribution in [0.15, 0.2) is 47.7 Å². The molecule has 128 valence electrons. The fourth-order valence-corrected chi connectivity index (χ4v) is 2.51. The normalized spacial score (nSPS) is 12.1. The van der Waals surface area contributed by atoms with E-state index in [0.29, 0.717) is 18.4 Å². The van der Waals surface area contributed by atoms with Crippen LogP contribution in [-0.2, 0) is 6.54 Å². The van der Waals surface area contributed by atoms with E-state index in [1.165, 1.54) is 10.9 Å². The van der Waals surface area contributed by atoms with E-state index in [-0.39, 0.29) is 23.2 Å². The summed E-state index contributed by atoms with van der Waals surface area (Å²) in [6.07, 6.45) is 5.31. The Morgan fingerprint density at radius 2 is 2.00 bits per heavy atom. The average molecular weight is 337 g/mol. The number of aromatic nitrogens is 4. The molecule has 0 saturated carbocycles. The van der Waals surface area contributed by atoms with Gasteiger partial charge in [-0.1, -0.05) is 25.1 Å². The summed E-state index contributed by atoms with van der Waals surface area (Å²) < 4.78 is 1.39. The summed E-state index contributed by atoms with van der Waals surface area (Å²) >= 11 is 0. The quantitative estimate of drug-likeness (QED) is 0.765. The Kier molecular flexibility index (Phi) is 4.83. The molecule has 0 spiro atoms. The Morgan fingerprint density at radius 1 is 1.20 bits per heavy atom. The van der Waals surface area contributed by atoms with Gasteiger partial charge in [0.15, 0.2) is 0 Å². The molecule has 0 aliphatic heterocycles. The van der Waals surface area contributed by atoms with E-state index in [4.69, 9.17) is 0 Å². The number of benzene rings is 1. The van der Waals surface area contributed by atoms with Gasteiger partial charge in [-0.25, -0.2) is 9.67 Å². The average Bonchev–Trinajstić information content (AvgIpc) is 2.64. The molecule has 2 heterocycles. The molecule has 25 heavy (non-hydrogen) atoms. The first kappa shape index (κ1) is 16.8. The van der Waals surface area contributed by atoms with Gasteiger partial charge in [-0.05, 0) is 19.4 Å². The molecular formula is C18H19N5O2. The van der Waals surface area contributed by atoms with Crippen molar-refractivity contribution in [2.24, 2.45) is 0 Å². The molecule has 0 fully saturated rings. The molecule has 0 aliphatic carbocycles. The van der Waals surface area contributed by atoms with E-state index in [0.717, 1.165) is 11.1 Å². The third-order valence-electron chi connectivity index (χ3n) is 4.00. The van der Waals surface area contributed by atoms with E-state index in [9.17, 15) is 9.59 Å². The van der Waals surface area contributed by atoms with E-state index < -0.39 is 0 Å². The highest BCUT2D eigenvalue weighted by Gasteiger charge is 2.15. The van der Waals surface area contributed by atoms with Gasteiger partial charge in [-0.2, -0.15) is 5.10 Å². The Balaban J connectivity index is 1.78. The lowest BCUT2D eigenvalue weighted by Gasteiger charge is -2.17. The van der Waals surface area contributed by atoms with Crippen molar-refractivity contribution in [3.05, 3.63) is 64.6 Å². The van der Waals surface area contributed by atoms with Crippen molar-refractivity contribution in [3.8, 4) is 0 Å². The van der Waals surface area contributed by atoms with Crippen LogP contribution < -0.4 is 10.9 Å². The molecule has 3 rings (SSSR count). The van der Waals surface area contributed by atoms with Crippen LogP contribution in [0.4, 0.5) is 0 Å². The first-order valence-corrected chi connectivity index (χ1v) is 8.13. The standard InChI is InChI=1S/C18H19N5O2/c1-3-14(22-17(24)16-10-19-12(2)8-20-16)11-23-18(25)15-7-5-4-6-13(15)9-21-23/h4-10,14H,3,11H2,1-2H3,(H,22,24)/t14-/m0/s1. The highest BCUT2D eigenvalue weighted by molar-refractivity contribution is 5.92. The number of aryl methyl sites for hydroxylation is 1. The highest BCUT2D eigenvalue weighted by Crippen LogP contribution is 2.07. The van der Waals surface area contributed by atoms with Crippen LogP contribution >= 0.6 is 0 Å². The Labute approximate surface area is 144 Å². The zero-order chi connectivity index (χ0) is 17.8. The molecule has 1 aromatic carbocycles. The van der Waals surface area contributed by atoms with Gasteiger partial charge in [0.2, 0.25) is 0 Å². The minimum Gasteiger partial charge on any atom is -0.346 e. The fraction of sp³-hybridized carbons (Fsp3) is 0.278. The number of hydrogen-bond donors (Lipinski definition) is 1. The predicted octanol–water partition coefficient (Wildman–Crippen LogP) is 1.70. The van der Waals surface area contributed by atoms with Gasteiger partial charge in [0, 0.05) is 17.6 Å². The van der Waals surface area contributed by atoms with Gasteiger partial charge in [0.25, 0.3) is 11.5 Å². The minimum absolute atomic E-state index is 0.166. The summed E-state index contributed by atoms with van der Waals surface area (Å²) in [5, 5.41) is 8.51. The van der Waals surface area contributed by atoms with E-state index in [1.54, 1.807) is 25.4 Å². The number of fused-ring (bicyclic) bond motifs is 1. The second kappa shape index (κ2) is 7.21. The van der Waals surface area contributed by atoms with Crippen molar-refractivity contribution in [2.45, 2.75) is 32.9 Å². The van der Waals surface area contributed by atoms with Crippen LogP contribution in [0.1, 0.15) is 29.5 Å². The van der Waals surface area contributed by atoms with Gasteiger partial charge in [-0.3, -0.25) is 14.6 Å². The smallest absolute Gasteiger partial charge is 0.274 e. The maximum absolute atomic E-state index is 12.5. The van der Waals surface area contributed by atoms with Gasteiger partial charge >= 0.3 is 0 Å². The summed E-state index contributed by atoms with van der Waals surface area (Å²) in [6, 6.07) is 7.08. The summed E-state index contributed by atoms with van der Waals surface area (Å²) in [5.74, 6) is -0.312. The molecule has 7 nitrogen and oxygen atoms in total. The zero-order valence-electron chi connectivity index (χ0n) is 14.1. The molecule has 1 N–H and O–H groups in total. The Bertz CT molecular complexity index is 950. The second-order valence-electron chi connectivity index (χ2n) is 5.84. The fourth-order valence-electron chi connectivity index (χ4n) is 2.51. The van der Waals surface area contributed by atoms with Crippen LogP contribution in [0.5, 0.6) is 0 Å². The van der Waals surface area contributed by atoms with Crippen molar-refractivity contribution in [1.29, 1.82) is 0 Å². The molecule has 2 aromatic heterocycles. The molecule has 1 amide bonds. The number of nitrogens with one attached hydrogen (secondary N) is 1. The number of carbonyl (C=O) groups excluding carboxylic acids is 1. The molecule has 1 atom stereocenters. The molecular weight excluding hydrogens is 318 g/mol. The maximum Gasteiger partial charge on any atom is 0.274 e. The van der Waals surface area contributed by atoms with Gasteiger partial charge in [0.05, 0.1) is 30.0 Å². The van der Waals surface area contributed by atoms with E-state index >= 15 is 0 Å². The van der Waals surface area contributed by atoms with Crippen LogP contribution in [0, 0.1) is 6.92 Å². The van der Waals surface area contributed by atoms with E-state index in [2.05, 4.69) is 20.4 Å². The summed E-state index contributed by atoms with van der Waals surface area (Å²) in [5.41, 5.74) is 0.833. The van der Waals surface area contributed by atoms with Crippen LogP contribution in [0.2, 0.25) is 0 Å². The lowest BCUT2D eigenvalue weighted by molar-refractivity contribution is 0.0925. The molecule has 0 radical (unpaired) electrons. The lowest BCUT2D eigenvalue weighted by atomic mass is 10.2. The monoisotopic (exact) mass is 337 g/mol. The largest absolute Gasteiger partial charge is 0.346 e. The maximum atomic E-state index is 12.5. The summed E-state index contributed by atoms with van der Waals surface area (Å²) in [6.45, 7) is 4.05. The van der Waals surface area contributed by atoms with E-state index in [1.807, 2.05) is 25.1 Å². The van der Waals surface area contributed by atoms with Crippen molar-refractivity contribution >= 4 is 16.7 Å². The minimum atomic E-state index is -0.312. The number of carbonyl (C=O) groups is 1. The lowest BCUT2D eigenvalue weighted by Crippen LogP contribution is -2.40. The molecule has 0 bridgehead atoms. The van der Waals surface area contributed by atoms with Crippen LogP contribution in [0.25, 0.3) is 10.8 Å². The third-order valence-corrected chi connectivity index (χ3v) is 4.00. The topological polar surface area (TPSA) is 89.8 Å². The molecule has 7 heteroatoms. The number of hydrogen-bond acceptors (Lipinski definition) is 5. The number of amides is 1. The van der Waals surface area contributed by atoms with Gasteiger partial charge in [-0.15, -0.1) is 0 Å². The second-order valence-corrected chi connectivity index (χ2v) is 5.84. The molecule has 0 saturated heterocycles. The van der Waals surface area contributed by atoms with Gasteiger partial charge < -0.3 is 5.32 Å². The summed E-state index contributed by atoms with van der Waals surface area (Å²) in [4.78, 5) is 33.0. The van der Waals surface area contributed by atoms with Crippen molar-refractivity contribution in [1.82, 2.24) is 25.1 Å². The first-order valence-electron chi connectivity index (χ1n) is 8.13. The Hall–Kier alpha value is -3.09. The Morgan fingerprint density at radius 3 is 2.72 bits per heavy atom. The predicted molar refractivity (Wildman–Crippen MR) is 94.3 cm³/mol. The first-order chi connectivity index (χ1) is 12.1. The molecule has 3 aromatic rings. The molecule has 0 aliphatic rings. The SMILES string of the molecule is CC[C@@H](Cn1ncc2ccccc2c1=O)NC(=O)c1cnc(C)cn1. The number of rotatable bonds is 5.